The van der Waals surface area contributed by atoms with Gasteiger partial charge in [-0.2, -0.15) is 0 Å². The smallest absolute Gasteiger partial charge is 0.0717 e. The monoisotopic (exact) mass is 403 g/mol. The van der Waals surface area contributed by atoms with Crippen LogP contribution < -0.4 is 0 Å². The van der Waals surface area contributed by atoms with Crippen LogP contribution in [0.15, 0.2) is 79.0 Å². The summed E-state index contributed by atoms with van der Waals surface area (Å²) in [7, 11) is 0. The second kappa shape index (κ2) is 7.68. The Hall–Kier alpha value is -2.59. The van der Waals surface area contributed by atoms with Gasteiger partial charge in [-0.1, -0.05) is 66.2 Å². The molecule has 5 rings (SSSR count). The van der Waals surface area contributed by atoms with Gasteiger partial charge in [0.25, 0.3) is 0 Å². The van der Waals surface area contributed by atoms with Crippen molar-refractivity contribution in [1.82, 2.24) is 4.98 Å². The van der Waals surface area contributed by atoms with Crippen molar-refractivity contribution in [2.24, 2.45) is 0 Å². The summed E-state index contributed by atoms with van der Waals surface area (Å²) in [6, 6.07) is 25.1. The van der Waals surface area contributed by atoms with Crippen molar-refractivity contribution in [1.29, 1.82) is 0 Å². The van der Waals surface area contributed by atoms with Crippen LogP contribution in [0.4, 0.5) is 0 Å². The highest BCUT2D eigenvalue weighted by molar-refractivity contribution is 6.34. The summed E-state index contributed by atoms with van der Waals surface area (Å²) in [5.74, 6) is 0. The molecule has 1 aliphatic heterocycles. The summed E-state index contributed by atoms with van der Waals surface area (Å²) in [4.78, 5) is 3.20. The summed E-state index contributed by atoms with van der Waals surface area (Å²) >= 11 is 6.53. The first-order valence-electron chi connectivity index (χ1n) is 9.81. The maximum atomic E-state index is 6.53. The largest absolute Gasteiger partial charge is 0.379 e. The Morgan fingerprint density at radius 3 is 2.48 bits per heavy atom. The standard InChI is InChI=1S/C25H22ClNO2/c26-23-13-24-20(10-11-27-24)12-22(23)19-6-8-21(9-7-19)25(16-29-17-25)15-28-14-18-4-2-1-3-5-18/h1-13,27H,14-17H2. The predicted octanol–water partition coefficient (Wildman–Crippen LogP) is 5.97. The molecule has 146 valence electrons. The van der Waals surface area contributed by atoms with E-state index in [2.05, 4.69) is 53.5 Å². The molecule has 0 unspecified atom stereocenters. The van der Waals surface area contributed by atoms with E-state index in [-0.39, 0.29) is 5.41 Å². The van der Waals surface area contributed by atoms with Crippen LogP contribution in [0.2, 0.25) is 5.02 Å². The van der Waals surface area contributed by atoms with Crippen LogP contribution in [0.1, 0.15) is 11.1 Å². The van der Waals surface area contributed by atoms with Gasteiger partial charge in [-0.25, -0.2) is 0 Å². The molecule has 0 saturated carbocycles. The number of nitrogens with one attached hydrogen (secondary N) is 1. The van der Waals surface area contributed by atoms with Crippen LogP contribution in [0.5, 0.6) is 0 Å². The molecule has 1 N–H and O–H groups in total. The lowest BCUT2D eigenvalue weighted by Crippen LogP contribution is -2.50. The van der Waals surface area contributed by atoms with E-state index < -0.39 is 0 Å². The molecule has 3 nitrogen and oxygen atoms in total. The molecule has 0 amide bonds. The maximum Gasteiger partial charge on any atom is 0.0717 e. The van der Waals surface area contributed by atoms with Gasteiger partial charge in [-0.15, -0.1) is 0 Å². The van der Waals surface area contributed by atoms with Gasteiger partial charge in [-0.3, -0.25) is 0 Å². The van der Waals surface area contributed by atoms with Gasteiger partial charge in [0, 0.05) is 22.7 Å². The summed E-state index contributed by atoms with van der Waals surface area (Å²) in [6.45, 7) is 2.65. The normalized spacial score (nSPS) is 15.3. The van der Waals surface area contributed by atoms with Crippen LogP contribution in [0.25, 0.3) is 22.0 Å². The number of halogens is 1. The highest BCUT2D eigenvalue weighted by atomic mass is 35.5. The van der Waals surface area contributed by atoms with E-state index in [1.54, 1.807) is 0 Å². The first kappa shape index (κ1) is 18.4. The second-order valence-electron chi connectivity index (χ2n) is 7.73. The summed E-state index contributed by atoms with van der Waals surface area (Å²) in [5.41, 5.74) is 5.58. The van der Waals surface area contributed by atoms with Crippen LogP contribution in [0, 0.1) is 0 Å². The van der Waals surface area contributed by atoms with Crippen molar-refractivity contribution in [2.75, 3.05) is 19.8 Å². The zero-order chi connectivity index (χ0) is 19.7. The second-order valence-corrected chi connectivity index (χ2v) is 8.13. The van der Waals surface area contributed by atoms with Crippen molar-refractivity contribution in [3.8, 4) is 11.1 Å². The van der Waals surface area contributed by atoms with Crippen molar-refractivity contribution >= 4 is 22.5 Å². The fraction of sp³-hybridized carbons (Fsp3) is 0.200. The van der Waals surface area contributed by atoms with Gasteiger partial charge >= 0.3 is 0 Å². The molecule has 1 fully saturated rings. The molecule has 0 radical (unpaired) electrons. The lowest BCUT2D eigenvalue weighted by molar-refractivity contribution is -0.101. The number of benzene rings is 3. The first-order valence-corrected chi connectivity index (χ1v) is 10.2. The van der Waals surface area contributed by atoms with Crippen molar-refractivity contribution in [2.45, 2.75) is 12.0 Å². The van der Waals surface area contributed by atoms with Gasteiger partial charge in [0.2, 0.25) is 0 Å². The average molecular weight is 404 g/mol. The van der Waals surface area contributed by atoms with Crippen molar-refractivity contribution < 1.29 is 9.47 Å². The molecule has 0 spiro atoms. The third kappa shape index (κ3) is 3.58. The SMILES string of the molecule is Clc1cc2[nH]ccc2cc1-c1ccc(C2(COCc3ccccc3)COC2)cc1. The molecule has 4 aromatic rings. The quantitative estimate of drug-likeness (QED) is 0.430. The first-order chi connectivity index (χ1) is 14.2. The number of aromatic nitrogens is 1. The number of H-pyrrole nitrogens is 1. The minimum absolute atomic E-state index is 0.0678. The maximum absolute atomic E-state index is 6.53. The number of hydrogen-bond acceptors (Lipinski definition) is 2. The third-order valence-corrected chi connectivity index (χ3v) is 6.01. The molecule has 0 bridgehead atoms. The minimum atomic E-state index is -0.0678. The summed E-state index contributed by atoms with van der Waals surface area (Å²) in [5, 5.41) is 1.91. The van der Waals surface area contributed by atoms with E-state index in [0.717, 1.165) is 27.1 Å². The predicted molar refractivity (Wildman–Crippen MR) is 117 cm³/mol. The lowest BCUT2D eigenvalue weighted by atomic mass is 9.79. The van der Waals surface area contributed by atoms with Crippen LogP contribution in [-0.4, -0.2) is 24.8 Å². The molecule has 1 saturated heterocycles. The number of rotatable bonds is 6. The topological polar surface area (TPSA) is 34.2 Å². The Bertz CT molecular complexity index is 1110. The Balaban J connectivity index is 1.34. The lowest BCUT2D eigenvalue weighted by Gasteiger charge is -2.41. The molecule has 0 aliphatic carbocycles. The Morgan fingerprint density at radius 2 is 1.76 bits per heavy atom. The van der Waals surface area contributed by atoms with E-state index in [1.807, 2.05) is 30.5 Å². The fourth-order valence-electron chi connectivity index (χ4n) is 3.92. The van der Waals surface area contributed by atoms with E-state index >= 15 is 0 Å². The van der Waals surface area contributed by atoms with Gasteiger partial charge in [0.15, 0.2) is 0 Å². The zero-order valence-corrected chi connectivity index (χ0v) is 16.8. The third-order valence-electron chi connectivity index (χ3n) is 5.70. The number of hydrogen-bond donors (Lipinski definition) is 1. The molecular formula is C25H22ClNO2. The highest BCUT2D eigenvalue weighted by Crippen LogP contribution is 2.36. The molecule has 3 aromatic carbocycles. The Labute approximate surface area is 175 Å². The van der Waals surface area contributed by atoms with Gasteiger partial charge < -0.3 is 14.5 Å². The van der Waals surface area contributed by atoms with Crippen molar-refractivity contribution in [3.63, 3.8) is 0 Å². The van der Waals surface area contributed by atoms with Gasteiger partial charge in [0.05, 0.1) is 36.9 Å². The molecule has 4 heteroatoms. The van der Waals surface area contributed by atoms with Crippen LogP contribution >= 0.6 is 11.6 Å². The minimum Gasteiger partial charge on any atom is -0.379 e. The molecule has 2 heterocycles. The van der Waals surface area contributed by atoms with Gasteiger partial charge in [0.1, 0.15) is 0 Å². The van der Waals surface area contributed by atoms with E-state index in [4.69, 9.17) is 21.1 Å². The molecular weight excluding hydrogens is 382 g/mol. The van der Waals surface area contributed by atoms with Gasteiger partial charge in [-0.05, 0) is 34.9 Å². The summed E-state index contributed by atoms with van der Waals surface area (Å²) in [6.07, 6.45) is 1.93. The zero-order valence-electron chi connectivity index (χ0n) is 16.0. The molecule has 1 aliphatic rings. The molecule has 29 heavy (non-hydrogen) atoms. The van der Waals surface area contributed by atoms with Crippen LogP contribution in [-0.2, 0) is 21.5 Å². The molecule has 1 aromatic heterocycles. The number of aromatic amines is 1. The summed E-state index contributed by atoms with van der Waals surface area (Å²) < 4.78 is 11.6. The molecule has 0 atom stereocenters. The van der Waals surface area contributed by atoms with E-state index in [9.17, 15) is 0 Å². The highest BCUT2D eigenvalue weighted by Gasteiger charge is 2.40. The Morgan fingerprint density at radius 1 is 0.966 bits per heavy atom. The average Bonchev–Trinajstić information content (AvgIpc) is 3.18. The van der Waals surface area contributed by atoms with Crippen LogP contribution in [0.3, 0.4) is 0 Å². The fourth-order valence-corrected chi connectivity index (χ4v) is 4.19. The number of ether oxygens (including phenoxy) is 2. The number of fused-ring (bicyclic) bond motifs is 1. The van der Waals surface area contributed by atoms with E-state index in [1.165, 1.54) is 11.1 Å². The Kier molecular flexibility index (Phi) is 4.88. The van der Waals surface area contributed by atoms with Crippen molar-refractivity contribution in [3.05, 3.63) is 95.1 Å². The van der Waals surface area contributed by atoms with E-state index in [0.29, 0.717) is 26.4 Å².